The molecule has 0 saturated carbocycles. The summed E-state index contributed by atoms with van der Waals surface area (Å²) in [6.07, 6.45) is 0.826. The highest BCUT2D eigenvalue weighted by Gasteiger charge is 2.07. The van der Waals surface area contributed by atoms with Gasteiger partial charge < -0.3 is 10.4 Å². The van der Waals surface area contributed by atoms with Gasteiger partial charge in [0.1, 0.15) is 0 Å². The fourth-order valence-corrected chi connectivity index (χ4v) is 1.79. The third-order valence-corrected chi connectivity index (χ3v) is 2.73. The van der Waals surface area contributed by atoms with Gasteiger partial charge in [-0.1, -0.05) is 29.8 Å². The third kappa shape index (κ3) is 4.21. The van der Waals surface area contributed by atoms with Crippen molar-refractivity contribution in [2.75, 3.05) is 6.54 Å². The molecule has 88 valence electrons. The summed E-state index contributed by atoms with van der Waals surface area (Å²) in [5.41, 5.74) is 1.04. The van der Waals surface area contributed by atoms with E-state index in [1.807, 2.05) is 31.2 Å². The highest BCUT2D eigenvalue weighted by Crippen LogP contribution is 2.21. The lowest BCUT2D eigenvalue weighted by Crippen LogP contribution is -2.20. The number of carboxylic acids is 1. The molecule has 3 nitrogen and oxygen atoms in total. The van der Waals surface area contributed by atoms with Crippen LogP contribution in [0.4, 0.5) is 0 Å². The molecule has 1 rings (SSSR count). The molecule has 0 aromatic heterocycles. The summed E-state index contributed by atoms with van der Waals surface area (Å²) >= 11 is 6.05. The summed E-state index contributed by atoms with van der Waals surface area (Å²) in [5, 5.41) is 12.5. The van der Waals surface area contributed by atoms with Crippen LogP contribution in [0.3, 0.4) is 0 Å². The first kappa shape index (κ1) is 13.0. The van der Waals surface area contributed by atoms with Gasteiger partial charge in [-0.15, -0.1) is 0 Å². The van der Waals surface area contributed by atoms with Crippen LogP contribution in [0.25, 0.3) is 0 Å². The second-order valence-corrected chi connectivity index (χ2v) is 4.10. The van der Waals surface area contributed by atoms with Crippen molar-refractivity contribution in [1.82, 2.24) is 5.32 Å². The molecular formula is C12H16ClNO2. The van der Waals surface area contributed by atoms with Crippen molar-refractivity contribution >= 4 is 17.6 Å². The Morgan fingerprint density at radius 2 is 2.19 bits per heavy atom. The van der Waals surface area contributed by atoms with Crippen LogP contribution < -0.4 is 5.32 Å². The SMILES string of the molecule is C[C@@H](NCCCC(=O)O)c1ccccc1Cl. The van der Waals surface area contributed by atoms with Crippen molar-refractivity contribution in [2.45, 2.75) is 25.8 Å². The fourth-order valence-electron chi connectivity index (χ4n) is 1.49. The van der Waals surface area contributed by atoms with E-state index in [0.717, 1.165) is 10.6 Å². The zero-order valence-corrected chi connectivity index (χ0v) is 10.00. The monoisotopic (exact) mass is 241 g/mol. The van der Waals surface area contributed by atoms with Gasteiger partial charge >= 0.3 is 5.97 Å². The first-order chi connectivity index (χ1) is 7.61. The summed E-state index contributed by atoms with van der Waals surface area (Å²) in [6, 6.07) is 7.80. The number of carboxylic acid groups (broad SMARTS) is 1. The molecule has 1 aromatic rings. The molecule has 1 atom stereocenters. The number of aliphatic carboxylic acids is 1. The number of nitrogens with one attached hydrogen (secondary N) is 1. The molecule has 16 heavy (non-hydrogen) atoms. The van der Waals surface area contributed by atoms with Crippen LogP contribution in [-0.2, 0) is 4.79 Å². The van der Waals surface area contributed by atoms with E-state index in [1.165, 1.54) is 0 Å². The molecule has 0 fully saturated rings. The van der Waals surface area contributed by atoms with Crippen LogP contribution in [0.1, 0.15) is 31.4 Å². The molecule has 0 unspecified atom stereocenters. The van der Waals surface area contributed by atoms with E-state index in [1.54, 1.807) is 0 Å². The second-order valence-electron chi connectivity index (χ2n) is 3.69. The molecule has 0 heterocycles. The maximum Gasteiger partial charge on any atom is 0.303 e. The minimum Gasteiger partial charge on any atom is -0.481 e. The summed E-state index contributed by atoms with van der Waals surface area (Å²) < 4.78 is 0. The third-order valence-electron chi connectivity index (χ3n) is 2.39. The minimum absolute atomic E-state index is 0.141. The topological polar surface area (TPSA) is 49.3 Å². The number of hydrogen-bond acceptors (Lipinski definition) is 2. The summed E-state index contributed by atoms with van der Waals surface area (Å²) in [5.74, 6) is -0.757. The van der Waals surface area contributed by atoms with E-state index < -0.39 is 5.97 Å². The second kappa shape index (κ2) is 6.51. The molecule has 0 bridgehead atoms. The largest absolute Gasteiger partial charge is 0.481 e. The number of benzene rings is 1. The van der Waals surface area contributed by atoms with Crippen LogP contribution in [-0.4, -0.2) is 17.6 Å². The van der Waals surface area contributed by atoms with Crippen LogP contribution in [0.5, 0.6) is 0 Å². The van der Waals surface area contributed by atoms with Gasteiger partial charge in [0, 0.05) is 17.5 Å². The van der Waals surface area contributed by atoms with Gasteiger partial charge in [-0.05, 0) is 31.5 Å². The van der Waals surface area contributed by atoms with Gasteiger partial charge in [-0.3, -0.25) is 4.79 Å². The molecule has 0 spiro atoms. The summed E-state index contributed by atoms with van der Waals surface area (Å²) in [7, 11) is 0. The van der Waals surface area contributed by atoms with Gasteiger partial charge in [0.05, 0.1) is 0 Å². The smallest absolute Gasteiger partial charge is 0.303 e. The summed E-state index contributed by atoms with van der Waals surface area (Å²) in [4.78, 5) is 10.3. The van der Waals surface area contributed by atoms with Crippen molar-refractivity contribution in [3.05, 3.63) is 34.9 Å². The average Bonchev–Trinajstić information content (AvgIpc) is 2.24. The molecule has 4 heteroatoms. The van der Waals surface area contributed by atoms with E-state index in [9.17, 15) is 4.79 Å². The van der Waals surface area contributed by atoms with Gasteiger partial charge in [-0.25, -0.2) is 0 Å². The van der Waals surface area contributed by atoms with Crippen LogP contribution in [0, 0.1) is 0 Å². The first-order valence-electron chi connectivity index (χ1n) is 5.31. The lowest BCUT2D eigenvalue weighted by atomic mass is 10.1. The van der Waals surface area contributed by atoms with Crippen molar-refractivity contribution in [2.24, 2.45) is 0 Å². The van der Waals surface area contributed by atoms with Gasteiger partial charge in [0.25, 0.3) is 0 Å². The van der Waals surface area contributed by atoms with Crippen LogP contribution >= 0.6 is 11.6 Å². The van der Waals surface area contributed by atoms with Crippen molar-refractivity contribution in [1.29, 1.82) is 0 Å². The van der Waals surface area contributed by atoms with Crippen LogP contribution in [0.15, 0.2) is 24.3 Å². The normalized spacial score (nSPS) is 12.4. The Hall–Kier alpha value is -1.06. The van der Waals surface area contributed by atoms with Crippen molar-refractivity contribution in [3.8, 4) is 0 Å². The Morgan fingerprint density at radius 3 is 2.81 bits per heavy atom. The molecule has 0 aliphatic carbocycles. The average molecular weight is 242 g/mol. The Bertz CT molecular complexity index is 355. The van der Waals surface area contributed by atoms with Gasteiger partial charge in [0.15, 0.2) is 0 Å². The molecule has 0 saturated heterocycles. The standard InChI is InChI=1S/C12H16ClNO2/c1-9(14-8-4-7-12(15)16)10-5-2-3-6-11(10)13/h2-3,5-6,9,14H,4,7-8H2,1H3,(H,15,16)/t9-/m1/s1. The van der Waals surface area contributed by atoms with Crippen molar-refractivity contribution < 1.29 is 9.90 Å². The number of halogens is 1. The molecule has 2 N–H and O–H groups in total. The van der Waals surface area contributed by atoms with E-state index in [4.69, 9.17) is 16.7 Å². The fraction of sp³-hybridized carbons (Fsp3) is 0.417. The lowest BCUT2D eigenvalue weighted by molar-refractivity contribution is -0.137. The van der Waals surface area contributed by atoms with E-state index in [-0.39, 0.29) is 12.5 Å². The maximum atomic E-state index is 10.3. The zero-order chi connectivity index (χ0) is 12.0. The first-order valence-corrected chi connectivity index (χ1v) is 5.68. The highest BCUT2D eigenvalue weighted by atomic mass is 35.5. The lowest BCUT2D eigenvalue weighted by Gasteiger charge is -2.15. The number of rotatable bonds is 6. The maximum absolute atomic E-state index is 10.3. The molecule has 0 aliphatic rings. The quantitative estimate of drug-likeness (QED) is 0.753. The predicted octanol–water partition coefficient (Wildman–Crippen LogP) is 2.86. The van der Waals surface area contributed by atoms with E-state index >= 15 is 0 Å². The van der Waals surface area contributed by atoms with Gasteiger partial charge in [0.2, 0.25) is 0 Å². The molecule has 1 aromatic carbocycles. The molecule has 0 radical (unpaired) electrons. The Labute approximate surface area is 100 Å². The molecule has 0 amide bonds. The Balaban J connectivity index is 2.38. The zero-order valence-electron chi connectivity index (χ0n) is 9.24. The molecule has 0 aliphatic heterocycles. The predicted molar refractivity (Wildman–Crippen MR) is 64.7 cm³/mol. The van der Waals surface area contributed by atoms with Gasteiger partial charge in [-0.2, -0.15) is 0 Å². The highest BCUT2D eigenvalue weighted by molar-refractivity contribution is 6.31. The summed E-state index contributed by atoms with van der Waals surface area (Å²) in [6.45, 7) is 2.70. The number of hydrogen-bond donors (Lipinski definition) is 2. The minimum atomic E-state index is -0.757. The van der Waals surface area contributed by atoms with E-state index in [0.29, 0.717) is 13.0 Å². The Kier molecular flexibility index (Phi) is 5.29. The molecular weight excluding hydrogens is 226 g/mol. The Morgan fingerprint density at radius 1 is 1.50 bits per heavy atom. The van der Waals surface area contributed by atoms with E-state index in [2.05, 4.69) is 5.32 Å². The number of carbonyl (C=O) groups is 1. The van der Waals surface area contributed by atoms with Crippen LogP contribution in [0.2, 0.25) is 5.02 Å². The van der Waals surface area contributed by atoms with Crippen molar-refractivity contribution in [3.63, 3.8) is 0 Å².